The molecule has 0 radical (unpaired) electrons. The average molecular weight is 1400 g/mol. The highest BCUT2D eigenvalue weighted by atomic mass is 35.7. The summed E-state index contributed by atoms with van der Waals surface area (Å²) >= 11 is 25.1. The van der Waals surface area contributed by atoms with Crippen LogP contribution in [0, 0.1) is 34.0 Å². The summed E-state index contributed by atoms with van der Waals surface area (Å²) in [5, 5.41) is 40.7. The number of hydrogen-bond acceptors (Lipinski definition) is 14. The minimum atomic E-state index is -3.33. The van der Waals surface area contributed by atoms with Crippen LogP contribution in [0.4, 0.5) is 11.4 Å². The standard InChI is InChI=1S/C26H25Cl2N3.C17H15Cl2N3.C10H14O3S.C9H12O.C6H15N.C3H5N.CH3ClO2S/c1-19(21-5-3-2-4-6-21)17-30-13-14-31(25-12-7-20(16-29)15-24(25)28)26(18-30)22-8-10-23(27)11-9-22;18-14-4-2-13(3-5-14)17-11-21-7-8-22(17)16-6-1-12(10-20)9-15(16)19;1-9(8-13-14(2,11)12)10-6-4-3-5-7-10;1-8(7-10)9-5-3-2-4-6-9;1-4-7(5-2)6-3;1-2-3-4;1-5(2,3)4/h2-12,15,19,26H,13-14,17-18H2,1H3;1-6,9,17,21H,7-8,11H2;3-7,9H,8H2,1-2H3;2-6,8,10H,7H2,1H3;4-6H2,1-3H3;2H2,1H3;1H3/t19-,26?;;9-;8-;;;/m1.11.../s1. The number of aliphatic hydroxyl groups excluding tert-OH is 1. The molecular weight excluding hydrogens is 1310 g/mol. The molecular formula is C72H89Cl5N8O6S2. The van der Waals surface area contributed by atoms with Crippen molar-refractivity contribution in [2.45, 2.75) is 84.7 Å². The van der Waals surface area contributed by atoms with Crippen molar-refractivity contribution in [1.82, 2.24) is 15.1 Å². The van der Waals surface area contributed by atoms with E-state index in [1.54, 1.807) is 12.1 Å². The predicted molar refractivity (Wildman–Crippen MR) is 387 cm³/mol. The molecule has 0 amide bonds. The SMILES string of the molecule is CCC#N.CCN(CC)CC.CS(=O)(=O)Cl.C[C@H](CN1CCN(c2ccc(C#N)cc2Cl)C(c2ccc(Cl)cc2)C1)c1ccccc1.C[C@H](CO)c1ccccc1.C[C@H](COS(C)(=O)=O)c1ccccc1.N#Cc1ccc(N2CCNCC2c2ccc(Cl)cc2)c(Cl)c1. The molecule has 2 N–H and O–H groups in total. The lowest BCUT2D eigenvalue weighted by atomic mass is 9.97. The van der Waals surface area contributed by atoms with Gasteiger partial charge in [0.05, 0.1) is 82.0 Å². The lowest BCUT2D eigenvalue weighted by Crippen LogP contribution is -2.49. The van der Waals surface area contributed by atoms with E-state index in [9.17, 15) is 22.1 Å². The topological polar surface area (TPSA) is 194 Å². The fourth-order valence-corrected chi connectivity index (χ4v) is 11.1. The molecule has 0 spiro atoms. The second-order valence-corrected chi connectivity index (χ2v) is 28.3. The molecule has 14 nitrogen and oxygen atoms in total. The first-order chi connectivity index (χ1) is 44.3. The molecule has 2 unspecified atom stereocenters. The summed E-state index contributed by atoms with van der Waals surface area (Å²) in [6.45, 7) is 24.9. The fourth-order valence-electron chi connectivity index (χ4n) is 9.79. The Morgan fingerprint density at radius 1 is 0.581 bits per heavy atom. The van der Waals surface area contributed by atoms with Crippen LogP contribution < -0.4 is 15.1 Å². The van der Waals surface area contributed by atoms with Gasteiger partial charge in [0.15, 0.2) is 0 Å². The van der Waals surface area contributed by atoms with E-state index in [1.165, 1.54) is 41.9 Å². The Kier molecular flexibility index (Phi) is 38.0. The molecule has 2 fully saturated rings. The number of hydrogen-bond donors (Lipinski definition) is 2. The molecule has 2 saturated heterocycles. The van der Waals surface area contributed by atoms with Gasteiger partial charge in [-0.25, -0.2) is 8.42 Å². The second kappa shape index (κ2) is 43.7. The summed E-state index contributed by atoms with van der Waals surface area (Å²) in [6, 6.07) is 63.9. The number of benzene rings is 7. The normalized spacial score (nSPS) is 15.3. The Labute approximate surface area is 579 Å². The summed E-state index contributed by atoms with van der Waals surface area (Å²) in [7, 11) is -2.02. The van der Waals surface area contributed by atoms with E-state index >= 15 is 0 Å². The van der Waals surface area contributed by atoms with Crippen molar-refractivity contribution in [2.75, 3.05) is 101 Å². The number of nitriles is 3. The largest absolute Gasteiger partial charge is 0.396 e. The zero-order valence-corrected chi connectivity index (χ0v) is 60.1. The van der Waals surface area contributed by atoms with Crippen molar-refractivity contribution in [1.29, 1.82) is 15.8 Å². The first kappa shape index (κ1) is 81.0. The van der Waals surface area contributed by atoms with Crippen LogP contribution in [0.3, 0.4) is 0 Å². The van der Waals surface area contributed by atoms with E-state index in [2.05, 4.69) is 118 Å². The van der Waals surface area contributed by atoms with Crippen molar-refractivity contribution in [3.63, 3.8) is 0 Å². The van der Waals surface area contributed by atoms with Crippen LogP contribution in [0.2, 0.25) is 20.1 Å². The molecule has 5 atom stereocenters. The van der Waals surface area contributed by atoms with Gasteiger partial charge >= 0.3 is 0 Å². The quantitative estimate of drug-likeness (QED) is 0.0685. The van der Waals surface area contributed by atoms with Crippen LogP contribution in [-0.2, 0) is 23.4 Å². The third kappa shape index (κ3) is 31.2. The van der Waals surface area contributed by atoms with E-state index in [4.69, 9.17) is 66.2 Å². The molecule has 0 aliphatic carbocycles. The highest BCUT2D eigenvalue weighted by Crippen LogP contribution is 2.38. The van der Waals surface area contributed by atoms with E-state index in [1.807, 2.05) is 148 Å². The molecule has 500 valence electrons. The summed E-state index contributed by atoms with van der Waals surface area (Å²) < 4.78 is 45.0. The summed E-state index contributed by atoms with van der Waals surface area (Å²) in [4.78, 5) is 9.55. The van der Waals surface area contributed by atoms with E-state index in [0.717, 1.165) is 85.3 Å². The molecule has 0 aromatic heterocycles. The zero-order valence-electron chi connectivity index (χ0n) is 54.6. The van der Waals surface area contributed by atoms with Crippen LogP contribution in [-0.4, -0.2) is 123 Å². The first-order valence-corrected chi connectivity index (χ1v) is 36.8. The van der Waals surface area contributed by atoms with Crippen molar-refractivity contribution in [3.05, 3.63) is 235 Å². The summed E-state index contributed by atoms with van der Waals surface area (Å²) in [6.07, 6.45) is 2.61. The van der Waals surface area contributed by atoms with Gasteiger partial charge in [-0.3, -0.25) is 9.08 Å². The first-order valence-electron chi connectivity index (χ1n) is 30.8. The van der Waals surface area contributed by atoms with Crippen molar-refractivity contribution >= 4 is 87.6 Å². The molecule has 0 bridgehead atoms. The molecule has 21 heteroatoms. The Hall–Kier alpha value is -6.24. The molecule has 7 aromatic carbocycles. The van der Waals surface area contributed by atoms with Crippen LogP contribution in [0.1, 0.15) is 124 Å². The van der Waals surface area contributed by atoms with Crippen LogP contribution in [0.5, 0.6) is 0 Å². The molecule has 2 heterocycles. The highest BCUT2D eigenvalue weighted by molar-refractivity contribution is 8.13. The van der Waals surface area contributed by atoms with Gasteiger partial charge in [-0.2, -0.15) is 24.2 Å². The molecule has 7 aromatic rings. The minimum Gasteiger partial charge on any atom is -0.396 e. The van der Waals surface area contributed by atoms with Gasteiger partial charge in [-0.05, 0) is 114 Å². The molecule has 9 rings (SSSR count). The number of anilines is 2. The summed E-state index contributed by atoms with van der Waals surface area (Å²) in [5.41, 5.74) is 9.13. The lowest BCUT2D eigenvalue weighted by molar-refractivity contribution is 0.214. The van der Waals surface area contributed by atoms with Gasteiger partial charge in [0, 0.05) is 91.4 Å². The Bertz CT molecular complexity index is 3610. The van der Waals surface area contributed by atoms with Gasteiger partial charge in [-0.1, -0.05) is 210 Å². The third-order valence-corrected chi connectivity index (χ3v) is 16.6. The van der Waals surface area contributed by atoms with Crippen molar-refractivity contribution in [2.24, 2.45) is 0 Å². The number of aliphatic hydroxyl groups is 1. The second-order valence-electron chi connectivity index (χ2n) is 22.0. The monoisotopic (exact) mass is 1400 g/mol. The Balaban J connectivity index is 0.000000317. The minimum absolute atomic E-state index is 0.0888. The van der Waals surface area contributed by atoms with Gasteiger partial charge in [-0.15, -0.1) is 0 Å². The maximum absolute atomic E-state index is 10.7. The Morgan fingerprint density at radius 3 is 1.34 bits per heavy atom. The number of nitrogens with one attached hydrogen (secondary N) is 1. The fraction of sp³-hybridized carbons (Fsp3) is 0.375. The van der Waals surface area contributed by atoms with Gasteiger partial charge in [0.2, 0.25) is 9.05 Å². The molecule has 93 heavy (non-hydrogen) atoms. The van der Waals surface area contributed by atoms with Gasteiger partial charge in [0.1, 0.15) is 0 Å². The van der Waals surface area contributed by atoms with E-state index < -0.39 is 19.2 Å². The number of nitrogens with zero attached hydrogens (tertiary/aromatic N) is 7. The van der Waals surface area contributed by atoms with Gasteiger partial charge < -0.3 is 25.1 Å². The van der Waals surface area contributed by atoms with Crippen LogP contribution in [0.15, 0.2) is 176 Å². The third-order valence-electron chi connectivity index (χ3n) is 14.9. The number of piperazine rings is 2. The molecule has 2 aliphatic heterocycles. The van der Waals surface area contributed by atoms with E-state index in [-0.39, 0.29) is 37.1 Å². The zero-order chi connectivity index (χ0) is 68.9. The van der Waals surface area contributed by atoms with Gasteiger partial charge in [0.25, 0.3) is 10.1 Å². The smallest absolute Gasteiger partial charge is 0.264 e. The predicted octanol–water partition coefficient (Wildman–Crippen LogP) is 16.5. The number of rotatable bonds is 16. The van der Waals surface area contributed by atoms with Crippen molar-refractivity contribution < 1.29 is 26.1 Å². The molecule has 0 saturated carbocycles. The maximum Gasteiger partial charge on any atom is 0.264 e. The molecule has 2 aliphatic rings. The summed E-state index contributed by atoms with van der Waals surface area (Å²) in [5.74, 6) is 0.809. The van der Waals surface area contributed by atoms with Crippen molar-refractivity contribution in [3.8, 4) is 18.2 Å². The van der Waals surface area contributed by atoms with E-state index in [0.29, 0.717) is 33.5 Å². The number of halogens is 5. The lowest BCUT2D eigenvalue weighted by Gasteiger charge is -2.44. The maximum atomic E-state index is 10.7. The highest BCUT2D eigenvalue weighted by Gasteiger charge is 2.31. The van der Waals surface area contributed by atoms with Crippen LogP contribution in [0.25, 0.3) is 0 Å². The Morgan fingerprint density at radius 2 is 0.978 bits per heavy atom. The van der Waals surface area contributed by atoms with Crippen LogP contribution >= 0.6 is 57.1 Å². The average Bonchev–Trinajstić information content (AvgIpc) is 0.835.